The number of amides is 1. The average molecular weight is 856 g/mol. The fourth-order valence-corrected chi connectivity index (χ4v) is 7.74. The van der Waals surface area contributed by atoms with E-state index < -0.39 is 12.1 Å². The fourth-order valence-electron chi connectivity index (χ4n) is 7.74. The van der Waals surface area contributed by atoms with Crippen molar-refractivity contribution in [2.45, 2.75) is 276 Å². The molecule has 3 N–H and O–H groups in total. The number of allylic oxidation sites excluding steroid dienone is 8. The number of esters is 1. The summed E-state index contributed by atoms with van der Waals surface area (Å²) in [6.07, 6.45) is 62.2. The van der Waals surface area contributed by atoms with Crippen LogP contribution in [0.5, 0.6) is 0 Å². The Labute approximate surface area is 378 Å². The third-order valence-electron chi connectivity index (χ3n) is 11.9. The summed E-state index contributed by atoms with van der Waals surface area (Å²) in [4.78, 5) is 24.4. The maximum Gasteiger partial charge on any atom is 0.305 e. The second-order valence-electron chi connectivity index (χ2n) is 17.8. The van der Waals surface area contributed by atoms with Crippen LogP contribution in [0.25, 0.3) is 0 Å². The monoisotopic (exact) mass is 856 g/mol. The molecule has 0 aliphatic carbocycles. The normalized spacial score (nSPS) is 13.0. The number of unbranched alkanes of at least 4 members (excludes halogenated alkanes) is 29. The predicted molar refractivity (Wildman–Crippen MR) is 264 cm³/mol. The summed E-state index contributed by atoms with van der Waals surface area (Å²) >= 11 is 0. The van der Waals surface area contributed by atoms with Crippen LogP contribution in [0, 0.1) is 0 Å². The number of rotatable bonds is 48. The molecule has 0 fully saturated rings. The average Bonchev–Trinajstić information content (AvgIpc) is 3.26. The van der Waals surface area contributed by atoms with Gasteiger partial charge in [-0.1, -0.05) is 210 Å². The van der Waals surface area contributed by atoms with Gasteiger partial charge in [-0.3, -0.25) is 9.59 Å². The molecule has 356 valence electrons. The van der Waals surface area contributed by atoms with Gasteiger partial charge in [0.15, 0.2) is 0 Å². The minimum absolute atomic E-state index is 0.0309. The van der Waals surface area contributed by atoms with Gasteiger partial charge < -0.3 is 20.3 Å². The lowest BCUT2D eigenvalue weighted by atomic mass is 10.0. The number of aliphatic hydroxyl groups excluding tert-OH is 2. The quantitative estimate of drug-likeness (QED) is 0.0322. The molecule has 6 nitrogen and oxygen atoms in total. The maximum absolute atomic E-state index is 12.4. The molecule has 2 unspecified atom stereocenters. The number of hydrogen-bond donors (Lipinski definition) is 3. The van der Waals surface area contributed by atoms with Crippen molar-refractivity contribution in [3.05, 3.63) is 48.6 Å². The van der Waals surface area contributed by atoms with E-state index in [1.54, 1.807) is 0 Å². The van der Waals surface area contributed by atoms with Gasteiger partial charge in [-0.2, -0.15) is 0 Å². The van der Waals surface area contributed by atoms with E-state index in [0.29, 0.717) is 25.9 Å². The number of aliphatic hydroxyl groups is 2. The van der Waals surface area contributed by atoms with Crippen molar-refractivity contribution in [3.63, 3.8) is 0 Å². The van der Waals surface area contributed by atoms with Gasteiger partial charge in [0.1, 0.15) is 0 Å². The van der Waals surface area contributed by atoms with E-state index in [1.807, 2.05) is 0 Å². The van der Waals surface area contributed by atoms with E-state index in [-0.39, 0.29) is 18.5 Å². The molecule has 0 aromatic rings. The van der Waals surface area contributed by atoms with Crippen LogP contribution in [-0.2, 0) is 14.3 Å². The first-order valence-corrected chi connectivity index (χ1v) is 26.4. The van der Waals surface area contributed by atoms with Gasteiger partial charge in [0.25, 0.3) is 0 Å². The molecule has 0 saturated heterocycles. The second-order valence-corrected chi connectivity index (χ2v) is 17.8. The third-order valence-corrected chi connectivity index (χ3v) is 11.9. The van der Waals surface area contributed by atoms with Crippen LogP contribution >= 0.6 is 0 Å². The molecule has 0 heterocycles. The highest BCUT2D eigenvalue weighted by atomic mass is 16.5. The number of ether oxygens (including phenoxy) is 1. The van der Waals surface area contributed by atoms with E-state index in [0.717, 1.165) is 96.3 Å². The molecular formula is C55H101NO5. The second kappa shape index (κ2) is 50.5. The van der Waals surface area contributed by atoms with Crippen molar-refractivity contribution in [2.75, 3.05) is 13.2 Å². The minimum Gasteiger partial charge on any atom is -0.466 e. The summed E-state index contributed by atoms with van der Waals surface area (Å²) in [6, 6.07) is -0.554. The Balaban J connectivity index is 3.52. The first-order valence-electron chi connectivity index (χ1n) is 26.4. The smallest absolute Gasteiger partial charge is 0.305 e. The molecule has 6 heteroatoms. The molecule has 0 saturated carbocycles. The van der Waals surface area contributed by atoms with Crippen LogP contribution in [0.1, 0.15) is 264 Å². The lowest BCUT2D eigenvalue weighted by molar-refractivity contribution is -0.143. The molecule has 0 spiro atoms. The van der Waals surface area contributed by atoms with Crippen molar-refractivity contribution >= 4 is 11.9 Å². The Morgan fingerprint density at radius 2 is 0.836 bits per heavy atom. The van der Waals surface area contributed by atoms with Crippen molar-refractivity contribution in [1.29, 1.82) is 0 Å². The zero-order valence-corrected chi connectivity index (χ0v) is 40.4. The van der Waals surface area contributed by atoms with Gasteiger partial charge in [-0.25, -0.2) is 0 Å². The van der Waals surface area contributed by atoms with E-state index in [1.165, 1.54) is 135 Å². The highest BCUT2D eigenvalue weighted by molar-refractivity contribution is 5.76. The van der Waals surface area contributed by atoms with Gasteiger partial charge in [0, 0.05) is 12.8 Å². The highest BCUT2D eigenvalue weighted by Crippen LogP contribution is 2.15. The van der Waals surface area contributed by atoms with Crippen LogP contribution in [0.2, 0.25) is 0 Å². The molecule has 0 radical (unpaired) electrons. The Bertz CT molecular complexity index is 1040. The standard InChI is InChI=1S/C55H101NO5/c1-3-5-7-9-11-13-15-17-25-29-33-37-41-45-49-55(60)61-50-46-42-38-34-30-26-22-20-18-19-21-24-28-32-36-40-44-48-54(59)56-52(51-57)53(58)47-43-39-35-31-27-23-16-14-12-10-8-6-4-2/h9,11,15,17-18,20,26,30,52-53,57-58H,3-8,10,12-14,16,19,21-25,27-29,31-51H2,1-2H3,(H,56,59)/b11-9-,17-15-,20-18-,30-26-. The molecular weight excluding hydrogens is 755 g/mol. The molecule has 0 aromatic carbocycles. The van der Waals surface area contributed by atoms with E-state index in [2.05, 4.69) is 67.8 Å². The number of hydrogen-bond acceptors (Lipinski definition) is 5. The van der Waals surface area contributed by atoms with Gasteiger partial charge in [-0.15, -0.1) is 0 Å². The Morgan fingerprint density at radius 3 is 1.30 bits per heavy atom. The fraction of sp³-hybridized carbons (Fsp3) is 0.818. The number of carbonyl (C=O) groups excluding carboxylic acids is 2. The highest BCUT2D eigenvalue weighted by Gasteiger charge is 2.20. The minimum atomic E-state index is -0.675. The first-order chi connectivity index (χ1) is 30.0. The SMILES string of the molecule is CCCC/C=C\C/C=C\CCCCCCCC(=O)OCCCCC/C=C\C/C=C\CCCCCCCCCC(=O)NC(CO)C(O)CCCCCCCCCCCCCCC. The number of carbonyl (C=O) groups is 2. The summed E-state index contributed by atoms with van der Waals surface area (Å²) in [5.74, 6) is -0.0838. The third kappa shape index (κ3) is 47.1. The summed E-state index contributed by atoms with van der Waals surface area (Å²) in [7, 11) is 0. The van der Waals surface area contributed by atoms with E-state index in [4.69, 9.17) is 4.74 Å². The van der Waals surface area contributed by atoms with Crippen molar-refractivity contribution in [1.82, 2.24) is 5.32 Å². The van der Waals surface area contributed by atoms with E-state index >= 15 is 0 Å². The summed E-state index contributed by atoms with van der Waals surface area (Å²) in [6.45, 7) is 4.85. The molecule has 0 bridgehead atoms. The molecule has 0 aromatic heterocycles. The number of nitrogens with one attached hydrogen (secondary N) is 1. The van der Waals surface area contributed by atoms with Crippen molar-refractivity contribution < 1.29 is 24.5 Å². The van der Waals surface area contributed by atoms with Crippen LogP contribution in [0.3, 0.4) is 0 Å². The first kappa shape index (κ1) is 58.8. The zero-order valence-electron chi connectivity index (χ0n) is 40.4. The zero-order chi connectivity index (χ0) is 44.4. The molecule has 0 aliphatic heterocycles. The lowest BCUT2D eigenvalue weighted by Gasteiger charge is -2.22. The summed E-state index contributed by atoms with van der Waals surface area (Å²) < 4.78 is 5.43. The van der Waals surface area contributed by atoms with Crippen LogP contribution in [0.4, 0.5) is 0 Å². The van der Waals surface area contributed by atoms with Gasteiger partial charge in [0.2, 0.25) is 5.91 Å². The maximum atomic E-state index is 12.4. The summed E-state index contributed by atoms with van der Waals surface area (Å²) in [5.41, 5.74) is 0. The van der Waals surface area contributed by atoms with Gasteiger partial charge in [0.05, 0.1) is 25.4 Å². The topological polar surface area (TPSA) is 95.9 Å². The van der Waals surface area contributed by atoms with Gasteiger partial charge in [-0.05, 0) is 89.9 Å². The van der Waals surface area contributed by atoms with Crippen LogP contribution < -0.4 is 5.32 Å². The molecule has 2 atom stereocenters. The van der Waals surface area contributed by atoms with Crippen LogP contribution in [-0.4, -0.2) is 47.4 Å². The Kier molecular flexibility index (Phi) is 48.7. The predicted octanol–water partition coefficient (Wildman–Crippen LogP) is 15.8. The Hall–Kier alpha value is -2.18. The lowest BCUT2D eigenvalue weighted by Crippen LogP contribution is -2.45. The molecule has 0 aliphatic rings. The summed E-state index contributed by atoms with van der Waals surface area (Å²) in [5, 5.41) is 23.2. The Morgan fingerprint density at radius 1 is 0.459 bits per heavy atom. The van der Waals surface area contributed by atoms with Crippen molar-refractivity contribution in [3.8, 4) is 0 Å². The van der Waals surface area contributed by atoms with Crippen molar-refractivity contribution in [2.24, 2.45) is 0 Å². The molecule has 0 rings (SSSR count). The van der Waals surface area contributed by atoms with E-state index in [9.17, 15) is 19.8 Å². The van der Waals surface area contributed by atoms with Crippen LogP contribution in [0.15, 0.2) is 48.6 Å². The van der Waals surface area contributed by atoms with Gasteiger partial charge >= 0.3 is 5.97 Å². The largest absolute Gasteiger partial charge is 0.466 e. The molecule has 61 heavy (non-hydrogen) atoms. The molecule has 1 amide bonds.